The van der Waals surface area contributed by atoms with E-state index in [1.807, 2.05) is 0 Å². The monoisotopic (exact) mass is 302 g/mol. The molecule has 1 aromatic carbocycles. The van der Waals surface area contributed by atoms with Crippen LogP contribution in [0.1, 0.15) is 61.1 Å². The Morgan fingerprint density at radius 2 is 1.86 bits per heavy atom. The molecule has 1 aromatic rings. The first-order valence-electron chi connectivity index (χ1n) is 9.05. The van der Waals surface area contributed by atoms with Crippen LogP contribution in [0.5, 0.6) is 5.75 Å². The van der Waals surface area contributed by atoms with Gasteiger partial charge in [-0.25, -0.2) is 0 Å². The van der Waals surface area contributed by atoms with E-state index in [2.05, 4.69) is 17.0 Å². The van der Waals surface area contributed by atoms with Gasteiger partial charge in [-0.2, -0.15) is 0 Å². The van der Waals surface area contributed by atoms with E-state index in [4.69, 9.17) is 5.73 Å². The highest BCUT2D eigenvalue weighted by molar-refractivity contribution is 5.48. The summed E-state index contributed by atoms with van der Waals surface area (Å²) in [6.45, 7) is 4.30. The van der Waals surface area contributed by atoms with Gasteiger partial charge in [0.1, 0.15) is 5.75 Å². The van der Waals surface area contributed by atoms with Crippen LogP contribution in [-0.2, 0) is 12.8 Å². The zero-order valence-electron chi connectivity index (χ0n) is 13.7. The van der Waals surface area contributed by atoms with Crippen molar-refractivity contribution in [1.82, 2.24) is 4.90 Å². The molecule has 22 heavy (non-hydrogen) atoms. The summed E-state index contributed by atoms with van der Waals surface area (Å²) in [4.78, 5) is 2.56. The van der Waals surface area contributed by atoms with Crippen LogP contribution >= 0.6 is 0 Å². The molecule has 1 fully saturated rings. The molecule has 122 valence electrons. The normalized spacial score (nSPS) is 20.0. The van der Waals surface area contributed by atoms with Crippen LogP contribution in [0, 0.1) is 0 Å². The van der Waals surface area contributed by atoms with E-state index in [9.17, 15) is 5.11 Å². The average molecular weight is 302 g/mol. The standard InChI is InChI=1S/C19H30N2O/c20-11-3-4-12-21-13-9-16(10-14-21)18-8-7-15-5-1-2-6-17(15)19(18)22/h7-8,16,22H,1-6,9-14,20H2. The number of unbranched alkanes of at least 4 members (excludes halogenated alkanes) is 1. The lowest BCUT2D eigenvalue weighted by Crippen LogP contribution is -2.34. The number of nitrogens with zero attached hydrogens (tertiary/aromatic N) is 1. The molecule has 0 atom stereocenters. The van der Waals surface area contributed by atoms with Crippen molar-refractivity contribution in [3.8, 4) is 5.75 Å². The lowest BCUT2D eigenvalue weighted by atomic mass is 9.83. The fraction of sp³-hybridized carbons (Fsp3) is 0.684. The largest absolute Gasteiger partial charge is 0.507 e. The third-order valence-electron chi connectivity index (χ3n) is 5.49. The topological polar surface area (TPSA) is 49.5 Å². The van der Waals surface area contributed by atoms with Crippen molar-refractivity contribution < 1.29 is 5.11 Å². The van der Waals surface area contributed by atoms with Gasteiger partial charge in [0.15, 0.2) is 0 Å². The van der Waals surface area contributed by atoms with Crippen molar-refractivity contribution in [2.24, 2.45) is 5.73 Å². The molecule has 1 heterocycles. The summed E-state index contributed by atoms with van der Waals surface area (Å²) in [5.74, 6) is 1.16. The Hall–Kier alpha value is -1.06. The van der Waals surface area contributed by atoms with Crippen LogP contribution in [0.15, 0.2) is 12.1 Å². The van der Waals surface area contributed by atoms with Gasteiger partial charge in [-0.15, -0.1) is 0 Å². The fourth-order valence-electron chi connectivity index (χ4n) is 4.10. The Morgan fingerprint density at radius 1 is 1.09 bits per heavy atom. The van der Waals surface area contributed by atoms with Crippen LogP contribution in [0.3, 0.4) is 0 Å². The molecule has 0 bridgehead atoms. The number of fused-ring (bicyclic) bond motifs is 1. The second kappa shape index (κ2) is 7.47. The number of phenols is 1. The molecule has 3 N–H and O–H groups in total. The smallest absolute Gasteiger partial charge is 0.122 e. The second-order valence-electron chi connectivity index (χ2n) is 6.96. The second-order valence-corrected chi connectivity index (χ2v) is 6.96. The maximum absolute atomic E-state index is 10.7. The van der Waals surface area contributed by atoms with Crippen molar-refractivity contribution in [3.63, 3.8) is 0 Å². The summed E-state index contributed by atoms with van der Waals surface area (Å²) < 4.78 is 0. The Labute approximate surface area is 134 Å². The van der Waals surface area contributed by atoms with E-state index in [-0.39, 0.29) is 0 Å². The summed E-state index contributed by atoms with van der Waals surface area (Å²) in [7, 11) is 0. The number of benzene rings is 1. The Kier molecular flexibility index (Phi) is 5.37. The lowest BCUT2D eigenvalue weighted by Gasteiger charge is -2.33. The van der Waals surface area contributed by atoms with Crippen LogP contribution in [0.25, 0.3) is 0 Å². The van der Waals surface area contributed by atoms with Gasteiger partial charge < -0.3 is 15.7 Å². The Balaban J connectivity index is 1.62. The van der Waals surface area contributed by atoms with Gasteiger partial charge in [-0.1, -0.05) is 12.1 Å². The van der Waals surface area contributed by atoms with E-state index in [0.29, 0.717) is 11.7 Å². The molecule has 0 amide bonds. The molecule has 1 aliphatic heterocycles. The van der Waals surface area contributed by atoms with E-state index in [1.165, 1.54) is 55.3 Å². The molecule has 0 aromatic heterocycles. The molecule has 0 radical (unpaired) electrons. The van der Waals surface area contributed by atoms with Gasteiger partial charge >= 0.3 is 0 Å². The molecule has 3 heteroatoms. The molecular weight excluding hydrogens is 272 g/mol. The number of hydrogen-bond donors (Lipinski definition) is 2. The van der Waals surface area contributed by atoms with Crippen LogP contribution in [0.2, 0.25) is 0 Å². The SMILES string of the molecule is NCCCCN1CCC(c2ccc3c(c2O)CCCC3)CC1. The van der Waals surface area contributed by atoms with Crippen molar-refractivity contribution >= 4 is 0 Å². The highest BCUT2D eigenvalue weighted by Crippen LogP contribution is 2.39. The number of likely N-dealkylation sites (tertiary alicyclic amines) is 1. The van der Waals surface area contributed by atoms with Gasteiger partial charge in [0.25, 0.3) is 0 Å². The third-order valence-corrected chi connectivity index (χ3v) is 5.49. The molecule has 3 nitrogen and oxygen atoms in total. The van der Waals surface area contributed by atoms with Crippen molar-refractivity contribution in [2.45, 2.75) is 57.3 Å². The van der Waals surface area contributed by atoms with E-state index >= 15 is 0 Å². The van der Waals surface area contributed by atoms with E-state index in [1.54, 1.807) is 0 Å². The van der Waals surface area contributed by atoms with Gasteiger partial charge in [0, 0.05) is 0 Å². The first kappa shape index (κ1) is 15.8. The molecule has 2 aliphatic rings. The summed E-state index contributed by atoms with van der Waals surface area (Å²) in [5, 5.41) is 10.7. The maximum Gasteiger partial charge on any atom is 0.122 e. The summed E-state index contributed by atoms with van der Waals surface area (Å²) in [6, 6.07) is 4.48. The number of phenolic OH excluding ortho intramolecular Hbond substituents is 1. The van der Waals surface area contributed by atoms with Gasteiger partial charge in [0.05, 0.1) is 0 Å². The van der Waals surface area contributed by atoms with Gasteiger partial charge in [0.2, 0.25) is 0 Å². The molecule has 3 rings (SSSR count). The first-order valence-corrected chi connectivity index (χ1v) is 9.05. The Morgan fingerprint density at radius 3 is 2.64 bits per heavy atom. The van der Waals surface area contributed by atoms with Crippen molar-refractivity contribution in [1.29, 1.82) is 0 Å². The Bertz CT molecular complexity index is 492. The lowest BCUT2D eigenvalue weighted by molar-refractivity contribution is 0.208. The van der Waals surface area contributed by atoms with Crippen molar-refractivity contribution in [2.75, 3.05) is 26.2 Å². The number of nitrogens with two attached hydrogens (primary N) is 1. The minimum Gasteiger partial charge on any atom is -0.507 e. The predicted octanol–water partition coefficient (Wildman–Crippen LogP) is 3.19. The zero-order valence-corrected chi connectivity index (χ0v) is 13.7. The van der Waals surface area contributed by atoms with Gasteiger partial charge in [-0.05, 0) is 100 Å². The molecule has 0 spiro atoms. The summed E-state index contributed by atoms with van der Waals surface area (Å²) in [5.41, 5.74) is 9.40. The van der Waals surface area contributed by atoms with Crippen LogP contribution < -0.4 is 5.73 Å². The third kappa shape index (κ3) is 3.47. The van der Waals surface area contributed by atoms with E-state index < -0.39 is 0 Å². The highest BCUT2D eigenvalue weighted by atomic mass is 16.3. The van der Waals surface area contributed by atoms with Gasteiger partial charge in [-0.3, -0.25) is 0 Å². The molecule has 0 unspecified atom stereocenters. The highest BCUT2D eigenvalue weighted by Gasteiger charge is 2.25. The number of rotatable bonds is 5. The quantitative estimate of drug-likeness (QED) is 0.821. The van der Waals surface area contributed by atoms with Crippen LogP contribution in [-0.4, -0.2) is 36.2 Å². The number of aromatic hydroxyl groups is 1. The number of piperidine rings is 1. The predicted molar refractivity (Wildman–Crippen MR) is 91.5 cm³/mol. The molecular formula is C19H30N2O. The molecule has 1 saturated heterocycles. The fourth-order valence-corrected chi connectivity index (χ4v) is 4.10. The van der Waals surface area contributed by atoms with Crippen molar-refractivity contribution in [3.05, 3.63) is 28.8 Å². The number of hydrogen-bond acceptors (Lipinski definition) is 3. The number of aryl methyl sites for hydroxylation is 1. The van der Waals surface area contributed by atoms with Crippen LogP contribution in [0.4, 0.5) is 0 Å². The minimum atomic E-state index is 0.540. The first-order chi connectivity index (χ1) is 10.8. The maximum atomic E-state index is 10.7. The zero-order chi connectivity index (χ0) is 15.4. The molecule has 1 aliphatic carbocycles. The van der Waals surface area contributed by atoms with E-state index in [0.717, 1.165) is 38.9 Å². The average Bonchev–Trinajstić information content (AvgIpc) is 2.57. The summed E-state index contributed by atoms with van der Waals surface area (Å²) in [6.07, 6.45) is 9.40. The molecule has 0 saturated carbocycles. The summed E-state index contributed by atoms with van der Waals surface area (Å²) >= 11 is 0. The minimum absolute atomic E-state index is 0.540.